The molecule has 2 aromatic heterocycles. The summed E-state index contributed by atoms with van der Waals surface area (Å²) >= 11 is 0. The second-order valence-corrected chi connectivity index (χ2v) is 6.50. The first kappa shape index (κ1) is 15.9. The molecule has 0 saturated heterocycles. The van der Waals surface area contributed by atoms with Gasteiger partial charge in [0.25, 0.3) is 11.9 Å². The Bertz CT molecular complexity index is 815. The number of benzene rings is 1. The molecular weight excluding hydrogens is 302 g/mol. The molecule has 1 N–H and O–H groups in total. The molecule has 0 aliphatic rings. The molecule has 1 aromatic carbocycles. The van der Waals surface area contributed by atoms with Crippen LogP contribution >= 0.6 is 0 Å². The van der Waals surface area contributed by atoms with Gasteiger partial charge in [-0.1, -0.05) is 32.9 Å². The van der Waals surface area contributed by atoms with Gasteiger partial charge in [-0.25, -0.2) is 14.6 Å². The minimum atomic E-state index is -0.189. The molecule has 2 heterocycles. The Morgan fingerprint density at radius 2 is 1.75 bits per heavy atom. The number of amides is 1. The third-order valence-electron chi connectivity index (χ3n) is 3.62. The maximum absolute atomic E-state index is 12.3. The highest BCUT2D eigenvalue weighted by atomic mass is 16.1. The Morgan fingerprint density at radius 3 is 2.29 bits per heavy atom. The number of hydrogen-bond donors (Lipinski definition) is 1. The van der Waals surface area contributed by atoms with Crippen molar-refractivity contribution >= 4 is 11.6 Å². The van der Waals surface area contributed by atoms with Gasteiger partial charge in [-0.2, -0.15) is 5.10 Å². The number of hydrogen-bond acceptors (Lipinski definition) is 4. The average molecular weight is 321 g/mol. The quantitative estimate of drug-likeness (QED) is 0.804. The molecule has 122 valence electrons. The van der Waals surface area contributed by atoms with Crippen LogP contribution in [0, 0.1) is 0 Å². The number of carbonyl (C=O) groups is 1. The van der Waals surface area contributed by atoms with Gasteiger partial charge in [-0.05, 0) is 29.2 Å². The highest BCUT2D eigenvalue weighted by Gasteiger charge is 2.14. The van der Waals surface area contributed by atoms with Crippen molar-refractivity contribution < 1.29 is 4.79 Å². The molecule has 6 heteroatoms. The van der Waals surface area contributed by atoms with Gasteiger partial charge in [-0.3, -0.25) is 4.79 Å². The van der Waals surface area contributed by atoms with Crippen molar-refractivity contribution in [3.63, 3.8) is 0 Å². The molecule has 0 aliphatic heterocycles. The van der Waals surface area contributed by atoms with Crippen LogP contribution < -0.4 is 5.32 Å². The third-order valence-corrected chi connectivity index (χ3v) is 3.62. The van der Waals surface area contributed by atoms with Crippen molar-refractivity contribution in [2.45, 2.75) is 26.2 Å². The number of nitrogens with one attached hydrogen (secondary N) is 1. The molecule has 0 atom stereocenters. The molecule has 1 amide bonds. The Labute approximate surface area is 140 Å². The van der Waals surface area contributed by atoms with E-state index in [4.69, 9.17) is 0 Å². The molecule has 0 unspecified atom stereocenters. The summed E-state index contributed by atoms with van der Waals surface area (Å²) in [6.07, 6.45) is 6.53. The van der Waals surface area contributed by atoms with Gasteiger partial charge in [0.15, 0.2) is 0 Å². The van der Waals surface area contributed by atoms with Crippen molar-refractivity contribution in [1.29, 1.82) is 0 Å². The Kier molecular flexibility index (Phi) is 4.12. The summed E-state index contributed by atoms with van der Waals surface area (Å²) in [5, 5.41) is 6.85. The molecule has 0 saturated carbocycles. The fraction of sp³-hybridized carbons (Fsp3) is 0.222. The van der Waals surface area contributed by atoms with E-state index in [2.05, 4.69) is 41.2 Å². The van der Waals surface area contributed by atoms with E-state index in [0.717, 1.165) is 0 Å². The van der Waals surface area contributed by atoms with E-state index in [9.17, 15) is 4.79 Å². The van der Waals surface area contributed by atoms with Crippen LogP contribution in [-0.4, -0.2) is 25.7 Å². The summed E-state index contributed by atoms with van der Waals surface area (Å²) in [6, 6.07) is 9.41. The van der Waals surface area contributed by atoms with Crippen LogP contribution in [0.25, 0.3) is 5.95 Å². The van der Waals surface area contributed by atoms with Crippen molar-refractivity contribution in [2.75, 3.05) is 5.32 Å². The van der Waals surface area contributed by atoms with Gasteiger partial charge >= 0.3 is 0 Å². The van der Waals surface area contributed by atoms with Crippen LogP contribution in [0.2, 0.25) is 0 Å². The second kappa shape index (κ2) is 6.23. The van der Waals surface area contributed by atoms with Gasteiger partial charge in [0.1, 0.15) is 0 Å². The van der Waals surface area contributed by atoms with E-state index in [1.165, 1.54) is 5.56 Å². The second-order valence-electron chi connectivity index (χ2n) is 6.50. The third kappa shape index (κ3) is 3.48. The Morgan fingerprint density at radius 1 is 1.08 bits per heavy atom. The van der Waals surface area contributed by atoms with Gasteiger partial charge in [0.2, 0.25) is 0 Å². The van der Waals surface area contributed by atoms with Crippen LogP contribution in [0.3, 0.4) is 0 Å². The van der Waals surface area contributed by atoms with Crippen LogP contribution in [0.1, 0.15) is 36.7 Å². The summed E-state index contributed by atoms with van der Waals surface area (Å²) in [5.41, 5.74) is 2.38. The monoisotopic (exact) mass is 321 g/mol. The summed E-state index contributed by atoms with van der Waals surface area (Å²) in [4.78, 5) is 20.7. The molecule has 0 spiro atoms. The number of nitrogens with zero attached hydrogens (tertiary/aromatic N) is 4. The van der Waals surface area contributed by atoms with E-state index in [0.29, 0.717) is 17.2 Å². The van der Waals surface area contributed by atoms with Crippen molar-refractivity contribution in [3.8, 4) is 5.95 Å². The fourth-order valence-corrected chi connectivity index (χ4v) is 2.22. The molecular formula is C18H19N5O. The molecule has 6 nitrogen and oxygen atoms in total. The fourth-order valence-electron chi connectivity index (χ4n) is 2.22. The summed E-state index contributed by atoms with van der Waals surface area (Å²) in [5.74, 6) is 0.262. The van der Waals surface area contributed by atoms with Gasteiger partial charge in [-0.15, -0.1) is 0 Å². The summed E-state index contributed by atoms with van der Waals surface area (Å²) in [7, 11) is 0. The lowest BCUT2D eigenvalue weighted by atomic mass is 9.87. The smallest absolute Gasteiger partial charge is 0.255 e. The molecule has 0 aliphatic carbocycles. The number of carbonyl (C=O) groups excluding carboxylic acids is 1. The Hall–Kier alpha value is -3.02. The van der Waals surface area contributed by atoms with Crippen LogP contribution in [0.15, 0.2) is 55.1 Å². The van der Waals surface area contributed by atoms with Crippen molar-refractivity contribution in [1.82, 2.24) is 19.7 Å². The lowest BCUT2D eigenvalue weighted by molar-refractivity contribution is 0.102. The first-order valence-corrected chi connectivity index (χ1v) is 7.67. The molecule has 24 heavy (non-hydrogen) atoms. The summed E-state index contributed by atoms with van der Waals surface area (Å²) in [6.45, 7) is 6.42. The minimum Gasteiger partial charge on any atom is -0.319 e. The van der Waals surface area contributed by atoms with Gasteiger partial charge in [0, 0.05) is 18.0 Å². The Balaban J connectivity index is 1.70. The SMILES string of the molecule is CC(C)(C)c1ccc(C(=O)Nc2cnc(-n3cccn3)nc2)cc1. The zero-order valence-corrected chi connectivity index (χ0v) is 13.9. The topological polar surface area (TPSA) is 72.7 Å². The lowest BCUT2D eigenvalue weighted by Gasteiger charge is -2.19. The molecule has 0 radical (unpaired) electrons. The molecule has 3 rings (SSSR count). The zero-order valence-electron chi connectivity index (χ0n) is 13.9. The molecule has 0 bridgehead atoms. The standard InChI is InChI=1S/C18H19N5O/c1-18(2,3)14-7-5-13(6-8-14)16(24)22-15-11-19-17(20-12-15)23-10-4-9-21-23/h4-12H,1-3H3,(H,22,24). The van der Waals surface area contributed by atoms with Crippen LogP contribution in [0.5, 0.6) is 0 Å². The number of anilines is 1. The summed E-state index contributed by atoms with van der Waals surface area (Å²) < 4.78 is 1.55. The highest BCUT2D eigenvalue weighted by Crippen LogP contribution is 2.22. The highest BCUT2D eigenvalue weighted by molar-refractivity contribution is 6.04. The average Bonchev–Trinajstić information content (AvgIpc) is 3.09. The van der Waals surface area contributed by atoms with Crippen LogP contribution in [-0.2, 0) is 5.41 Å². The first-order valence-electron chi connectivity index (χ1n) is 7.67. The maximum Gasteiger partial charge on any atom is 0.255 e. The number of aromatic nitrogens is 4. The van der Waals surface area contributed by atoms with Crippen molar-refractivity contribution in [2.24, 2.45) is 0 Å². The minimum absolute atomic E-state index is 0.0607. The van der Waals surface area contributed by atoms with Gasteiger partial charge < -0.3 is 5.32 Å². The van der Waals surface area contributed by atoms with E-state index < -0.39 is 0 Å². The van der Waals surface area contributed by atoms with Gasteiger partial charge in [0.05, 0.1) is 18.1 Å². The zero-order chi connectivity index (χ0) is 17.2. The maximum atomic E-state index is 12.3. The molecule has 0 fully saturated rings. The van der Waals surface area contributed by atoms with E-state index in [-0.39, 0.29) is 11.3 Å². The predicted octanol–water partition coefficient (Wildman–Crippen LogP) is 3.21. The number of rotatable bonds is 3. The van der Waals surface area contributed by atoms with E-state index in [1.54, 1.807) is 35.5 Å². The normalized spacial score (nSPS) is 11.3. The largest absolute Gasteiger partial charge is 0.319 e. The predicted molar refractivity (Wildman–Crippen MR) is 92.2 cm³/mol. The van der Waals surface area contributed by atoms with Crippen LogP contribution in [0.4, 0.5) is 5.69 Å². The van der Waals surface area contributed by atoms with Crippen molar-refractivity contribution in [3.05, 3.63) is 66.2 Å². The van der Waals surface area contributed by atoms with E-state index in [1.807, 2.05) is 24.3 Å². The van der Waals surface area contributed by atoms with E-state index >= 15 is 0 Å². The lowest BCUT2D eigenvalue weighted by Crippen LogP contribution is -2.15. The first-order chi connectivity index (χ1) is 11.4. The molecule has 3 aromatic rings.